The van der Waals surface area contributed by atoms with Crippen LogP contribution in [0, 0.1) is 12.3 Å². The Balaban J connectivity index is 1.20. The number of hydrogen-bond donors (Lipinski definition) is 1. The number of nitrogens with zero attached hydrogens (tertiary/aromatic N) is 5. The minimum Gasteiger partial charge on any atom is -0.378 e. The summed E-state index contributed by atoms with van der Waals surface area (Å²) in [5.41, 5.74) is 12.7. The van der Waals surface area contributed by atoms with Crippen LogP contribution in [0.5, 0.6) is 0 Å². The van der Waals surface area contributed by atoms with E-state index in [0.717, 1.165) is 87.4 Å². The molecular formula is C24H30N6O. The minimum absolute atomic E-state index is 0.141. The molecule has 4 heterocycles. The van der Waals surface area contributed by atoms with E-state index in [4.69, 9.17) is 25.4 Å². The average molecular weight is 419 g/mol. The third kappa shape index (κ3) is 3.05. The van der Waals surface area contributed by atoms with Crippen molar-refractivity contribution < 1.29 is 4.74 Å². The number of nitrogens with two attached hydrogens (primary N) is 1. The SMILES string of the molecule is Cc1nc2c(nc1N1CCC3(CC1)Cc1ccccc1[C@H]3N)CN=C2N1CCOCC1. The zero-order chi connectivity index (χ0) is 21.0. The molecule has 2 saturated heterocycles. The summed E-state index contributed by atoms with van der Waals surface area (Å²) in [6.07, 6.45) is 3.29. The molecular weight excluding hydrogens is 388 g/mol. The van der Waals surface area contributed by atoms with E-state index in [0.29, 0.717) is 6.54 Å². The molecule has 7 heteroatoms. The quantitative estimate of drug-likeness (QED) is 0.765. The molecule has 0 unspecified atom stereocenters. The number of fused-ring (bicyclic) bond motifs is 2. The number of ether oxygens (including phenoxy) is 1. The summed E-state index contributed by atoms with van der Waals surface area (Å²) in [6.45, 7) is 7.91. The van der Waals surface area contributed by atoms with Crippen molar-refractivity contribution in [3.05, 3.63) is 52.5 Å². The van der Waals surface area contributed by atoms with E-state index in [-0.39, 0.29) is 11.5 Å². The van der Waals surface area contributed by atoms with Gasteiger partial charge < -0.3 is 20.3 Å². The Hall–Kier alpha value is -2.51. The predicted octanol–water partition coefficient (Wildman–Crippen LogP) is 2.22. The highest BCUT2D eigenvalue weighted by molar-refractivity contribution is 6.00. The number of benzene rings is 1. The maximum atomic E-state index is 6.75. The molecule has 2 aromatic rings. The van der Waals surface area contributed by atoms with Crippen LogP contribution in [0.4, 0.5) is 5.82 Å². The topological polar surface area (TPSA) is 79.9 Å². The van der Waals surface area contributed by atoms with E-state index in [2.05, 4.69) is 41.0 Å². The van der Waals surface area contributed by atoms with Gasteiger partial charge in [-0.2, -0.15) is 0 Å². The van der Waals surface area contributed by atoms with Crippen LogP contribution in [-0.4, -0.2) is 60.1 Å². The lowest BCUT2D eigenvalue weighted by Crippen LogP contribution is -2.45. The molecule has 6 rings (SSSR count). The average Bonchev–Trinajstić information content (AvgIpc) is 3.33. The van der Waals surface area contributed by atoms with Gasteiger partial charge in [0.1, 0.15) is 11.5 Å². The van der Waals surface area contributed by atoms with Crippen LogP contribution in [0.25, 0.3) is 0 Å². The first kappa shape index (κ1) is 19.2. The Kier molecular flexibility index (Phi) is 4.51. The van der Waals surface area contributed by atoms with Crippen molar-refractivity contribution in [1.29, 1.82) is 0 Å². The van der Waals surface area contributed by atoms with Gasteiger partial charge in [-0.3, -0.25) is 4.99 Å². The molecule has 1 atom stereocenters. The molecule has 0 radical (unpaired) electrons. The summed E-state index contributed by atoms with van der Waals surface area (Å²) in [5, 5.41) is 0. The van der Waals surface area contributed by atoms with Crippen LogP contribution in [0.2, 0.25) is 0 Å². The van der Waals surface area contributed by atoms with E-state index in [1.165, 1.54) is 11.1 Å². The number of morpholine rings is 1. The summed E-state index contributed by atoms with van der Waals surface area (Å²) >= 11 is 0. The number of aliphatic imine (C=N–C) groups is 1. The lowest BCUT2D eigenvalue weighted by atomic mass is 9.73. The molecule has 1 aliphatic carbocycles. The number of aryl methyl sites for hydroxylation is 1. The predicted molar refractivity (Wildman–Crippen MR) is 120 cm³/mol. The summed E-state index contributed by atoms with van der Waals surface area (Å²) < 4.78 is 5.49. The highest BCUT2D eigenvalue weighted by atomic mass is 16.5. The standard InChI is InChI=1S/C24H30N6O/c1-16-22(28-19-15-26-23(20(19)27-16)30-10-12-31-13-11-30)29-8-6-24(7-9-29)14-17-4-2-3-5-18(17)21(24)25/h2-5,21H,6-15,25H2,1H3/t21-/m1/s1. The largest absolute Gasteiger partial charge is 0.378 e. The number of amidine groups is 1. The number of rotatable bonds is 1. The molecule has 2 fully saturated rings. The fourth-order valence-corrected chi connectivity index (χ4v) is 5.85. The van der Waals surface area contributed by atoms with Crippen LogP contribution in [0.3, 0.4) is 0 Å². The summed E-state index contributed by atoms with van der Waals surface area (Å²) in [5.74, 6) is 2.02. The number of hydrogen-bond acceptors (Lipinski definition) is 7. The van der Waals surface area contributed by atoms with Crippen molar-refractivity contribution in [2.45, 2.75) is 38.8 Å². The molecule has 0 amide bonds. The first-order valence-electron chi connectivity index (χ1n) is 11.5. The normalized spacial score (nSPS) is 24.3. The Bertz CT molecular complexity index is 1040. The molecule has 1 spiro atoms. The summed E-state index contributed by atoms with van der Waals surface area (Å²) in [4.78, 5) is 19.5. The maximum absolute atomic E-state index is 6.75. The Morgan fingerprint density at radius 2 is 1.81 bits per heavy atom. The van der Waals surface area contributed by atoms with Gasteiger partial charge in [0, 0.05) is 32.2 Å². The van der Waals surface area contributed by atoms with E-state index in [1.54, 1.807) is 0 Å². The molecule has 0 bridgehead atoms. The lowest BCUT2D eigenvalue weighted by Gasteiger charge is -2.43. The first-order chi connectivity index (χ1) is 15.1. The van der Waals surface area contributed by atoms with Crippen LogP contribution >= 0.6 is 0 Å². The number of aromatic nitrogens is 2. The highest BCUT2D eigenvalue weighted by Crippen LogP contribution is 2.51. The molecule has 1 aromatic carbocycles. The molecule has 3 aliphatic heterocycles. The second kappa shape index (κ2) is 7.28. The van der Waals surface area contributed by atoms with Gasteiger partial charge in [0.15, 0.2) is 5.84 Å². The van der Waals surface area contributed by atoms with Crippen LogP contribution < -0.4 is 10.6 Å². The zero-order valence-electron chi connectivity index (χ0n) is 18.2. The second-order valence-corrected chi connectivity index (χ2v) is 9.37. The number of anilines is 1. The van der Waals surface area contributed by atoms with E-state index < -0.39 is 0 Å². The fraction of sp³-hybridized carbons (Fsp3) is 0.542. The second-order valence-electron chi connectivity index (χ2n) is 9.37. The van der Waals surface area contributed by atoms with Crippen LogP contribution in [-0.2, 0) is 17.7 Å². The molecule has 1 aromatic heterocycles. The van der Waals surface area contributed by atoms with Gasteiger partial charge >= 0.3 is 0 Å². The Labute approximate surface area is 183 Å². The van der Waals surface area contributed by atoms with Crippen molar-refractivity contribution in [2.24, 2.45) is 16.1 Å². The van der Waals surface area contributed by atoms with Gasteiger partial charge in [0.05, 0.1) is 31.1 Å². The van der Waals surface area contributed by atoms with E-state index in [1.807, 2.05) is 0 Å². The maximum Gasteiger partial charge on any atom is 0.152 e. The van der Waals surface area contributed by atoms with Crippen molar-refractivity contribution in [3.63, 3.8) is 0 Å². The molecule has 4 aliphatic rings. The highest BCUT2D eigenvalue weighted by Gasteiger charge is 2.46. The minimum atomic E-state index is 0.141. The Morgan fingerprint density at radius 3 is 2.58 bits per heavy atom. The van der Waals surface area contributed by atoms with E-state index in [9.17, 15) is 0 Å². The van der Waals surface area contributed by atoms with Gasteiger partial charge in [-0.1, -0.05) is 24.3 Å². The molecule has 31 heavy (non-hydrogen) atoms. The third-order valence-corrected chi connectivity index (χ3v) is 7.67. The van der Waals surface area contributed by atoms with Crippen molar-refractivity contribution in [3.8, 4) is 0 Å². The third-order valence-electron chi connectivity index (χ3n) is 7.67. The van der Waals surface area contributed by atoms with Crippen molar-refractivity contribution in [1.82, 2.24) is 14.9 Å². The van der Waals surface area contributed by atoms with Crippen LogP contribution in [0.15, 0.2) is 29.3 Å². The van der Waals surface area contributed by atoms with Gasteiger partial charge in [0.2, 0.25) is 0 Å². The van der Waals surface area contributed by atoms with E-state index >= 15 is 0 Å². The van der Waals surface area contributed by atoms with Gasteiger partial charge in [-0.05, 0) is 42.7 Å². The molecule has 162 valence electrons. The summed E-state index contributed by atoms with van der Waals surface area (Å²) in [6, 6.07) is 8.85. The van der Waals surface area contributed by atoms with Crippen molar-refractivity contribution in [2.75, 3.05) is 44.3 Å². The van der Waals surface area contributed by atoms with Crippen LogP contribution in [0.1, 0.15) is 47.1 Å². The zero-order valence-corrected chi connectivity index (χ0v) is 18.2. The van der Waals surface area contributed by atoms with Crippen molar-refractivity contribution >= 4 is 11.7 Å². The van der Waals surface area contributed by atoms with Gasteiger partial charge in [-0.15, -0.1) is 0 Å². The molecule has 2 N–H and O–H groups in total. The first-order valence-corrected chi connectivity index (χ1v) is 11.5. The fourth-order valence-electron chi connectivity index (χ4n) is 5.85. The number of piperidine rings is 1. The Morgan fingerprint density at radius 1 is 1.03 bits per heavy atom. The monoisotopic (exact) mass is 418 g/mol. The molecule has 0 saturated carbocycles. The molecule has 7 nitrogen and oxygen atoms in total. The smallest absolute Gasteiger partial charge is 0.152 e. The van der Waals surface area contributed by atoms with Gasteiger partial charge in [0.25, 0.3) is 0 Å². The summed E-state index contributed by atoms with van der Waals surface area (Å²) in [7, 11) is 0. The van der Waals surface area contributed by atoms with Gasteiger partial charge in [-0.25, -0.2) is 9.97 Å². The lowest BCUT2D eigenvalue weighted by molar-refractivity contribution is 0.0682.